The van der Waals surface area contributed by atoms with Crippen molar-refractivity contribution in [3.63, 3.8) is 0 Å². The summed E-state index contributed by atoms with van der Waals surface area (Å²) in [6.07, 6.45) is 1.58. The summed E-state index contributed by atoms with van der Waals surface area (Å²) in [6.45, 7) is 23.3. The average molecular weight is 1050 g/mol. The molecule has 0 bridgehead atoms. The predicted octanol–water partition coefficient (Wildman–Crippen LogP) is 8.61. The molecule has 15 heteroatoms. The lowest BCUT2D eigenvalue weighted by Crippen LogP contribution is -2.60. The lowest BCUT2D eigenvalue weighted by atomic mass is 9.73. The Balaban J connectivity index is 1.17. The maximum Gasteiger partial charge on any atom is 0.162 e. The number of nitrogens with zero attached hydrogens (tertiary/aromatic N) is 2. The van der Waals surface area contributed by atoms with Gasteiger partial charge in [0.15, 0.2) is 18.9 Å². The zero-order valence-electron chi connectivity index (χ0n) is 48.1. The number of hydrogen-bond acceptors (Lipinski definition) is 15. The molecule has 0 aromatic heterocycles. The molecular formula is C60H96N2O13. The standard InChI is InChI=1S/C60H96N2O13/c1-16-49-60(11,66)54(64)40(5)52(63)37(2)35-59(10,69-15)56(41(6)53(42(7)57(67-13)73-49)74-51-36-58(9,68-14)55(65)43(8)72-51)75-50-34-46(33-39(4)71-50)61(12)30-20-32-70-47-27-25-44(26-28-47)22-19-21-38(3)62-31-29-45-23-17-18-24-48(45)62/h17-19,22-28,37-43,46,49-51,53-57,64-66H,16,20-21,29-36H2,1-15H3/b22-19-/t37-,38-,39-,40+,41+,42-,43+,46+,49-,50+,51+,53+,54-,55+,56-,57?,58-,59-,60-/m1/s1. The van der Waals surface area contributed by atoms with E-state index in [1.807, 2.05) is 53.7 Å². The van der Waals surface area contributed by atoms with Gasteiger partial charge in [-0.05, 0) is 116 Å². The third kappa shape index (κ3) is 14.6. The number of fused-ring (bicyclic) bond motifs is 1. The lowest BCUT2D eigenvalue weighted by molar-refractivity contribution is -0.322. The van der Waals surface area contributed by atoms with Crippen molar-refractivity contribution in [1.29, 1.82) is 0 Å². The predicted molar refractivity (Wildman–Crippen MR) is 292 cm³/mol. The van der Waals surface area contributed by atoms with Gasteiger partial charge in [0.1, 0.15) is 23.2 Å². The van der Waals surface area contributed by atoms with Crippen LogP contribution < -0.4 is 9.64 Å². The van der Waals surface area contributed by atoms with E-state index >= 15 is 0 Å². The van der Waals surface area contributed by atoms with Crippen molar-refractivity contribution in [2.75, 3.05) is 53.0 Å². The zero-order chi connectivity index (χ0) is 55.0. The topological polar surface area (TPSA) is 167 Å². The molecule has 75 heavy (non-hydrogen) atoms. The van der Waals surface area contributed by atoms with Crippen molar-refractivity contribution in [2.45, 2.75) is 218 Å². The highest BCUT2D eigenvalue weighted by Crippen LogP contribution is 2.43. The summed E-state index contributed by atoms with van der Waals surface area (Å²) in [6, 6.07) is 17.6. The molecule has 4 heterocycles. The van der Waals surface area contributed by atoms with Gasteiger partial charge in [-0.15, -0.1) is 0 Å². The van der Waals surface area contributed by atoms with E-state index in [0.29, 0.717) is 25.5 Å². The third-order valence-electron chi connectivity index (χ3n) is 17.5. The fourth-order valence-corrected chi connectivity index (χ4v) is 12.6. The van der Waals surface area contributed by atoms with E-state index in [0.717, 1.165) is 50.1 Å². The molecule has 1 unspecified atom stereocenters. The van der Waals surface area contributed by atoms with Crippen molar-refractivity contribution >= 4 is 17.5 Å². The zero-order valence-corrected chi connectivity index (χ0v) is 48.1. The number of carbonyl (C=O) groups excluding carboxylic acids is 1. The maximum atomic E-state index is 14.4. The van der Waals surface area contributed by atoms with Crippen LogP contribution in [-0.4, -0.2) is 165 Å². The molecule has 2 aromatic carbocycles. The molecule has 0 aliphatic carbocycles. The molecule has 6 rings (SSSR count). The number of aliphatic hydroxyl groups excluding tert-OH is 2. The van der Waals surface area contributed by atoms with Crippen LogP contribution in [0.1, 0.15) is 132 Å². The van der Waals surface area contributed by atoms with Crippen LogP contribution in [0, 0.1) is 23.7 Å². The minimum atomic E-state index is -1.82. The number of aliphatic hydroxyl groups is 3. The quantitative estimate of drug-likeness (QED) is 0.121. The minimum Gasteiger partial charge on any atom is -0.494 e. The van der Waals surface area contributed by atoms with Crippen LogP contribution in [0.15, 0.2) is 54.6 Å². The molecule has 0 radical (unpaired) electrons. The van der Waals surface area contributed by atoms with Crippen molar-refractivity contribution in [3.05, 3.63) is 65.7 Å². The Bertz CT molecular complexity index is 2110. The number of ether oxygens (including phenoxy) is 9. The van der Waals surface area contributed by atoms with E-state index in [1.165, 1.54) is 25.3 Å². The molecule has 424 valence electrons. The fraction of sp³-hybridized carbons (Fsp3) is 0.750. The average Bonchev–Trinajstić information content (AvgIpc) is 3.83. The van der Waals surface area contributed by atoms with Crippen molar-refractivity contribution in [2.24, 2.45) is 23.7 Å². The lowest BCUT2D eigenvalue weighted by Gasteiger charge is -2.50. The number of anilines is 1. The second-order valence-corrected chi connectivity index (χ2v) is 23.2. The van der Waals surface area contributed by atoms with Gasteiger partial charge >= 0.3 is 0 Å². The number of hydrogen-bond donors (Lipinski definition) is 3. The number of benzene rings is 2. The number of ketones is 1. The van der Waals surface area contributed by atoms with Crippen LogP contribution in [0.25, 0.3) is 6.08 Å². The minimum absolute atomic E-state index is 0.128. The number of methoxy groups -OCH3 is 3. The first-order valence-corrected chi connectivity index (χ1v) is 28.0. The van der Waals surface area contributed by atoms with Crippen LogP contribution in [0.2, 0.25) is 0 Å². The van der Waals surface area contributed by atoms with E-state index in [-0.39, 0.29) is 30.8 Å². The van der Waals surface area contributed by atoms with Crippen molar-refractivity contribution < 1.29 is 62.7 Å². The highest BCUT2D eigenvalue weighted by Gasteiger charge is 2.53. The molecule has 3 fully saturated rings. The highest BCUT2D eigenvalue weighted by molar-refractivity contribution is 5.83. The molecule has 0 spiro atoms. The van der Waals surface area contributed by atoms with Gasteiger partial charge < -0.3 is 67.8 Å². The molecule has 0 saturated carbocycles. The first-order chi connectivity index (χ1) is 35.5. The normalized spacial score (nSPS) is 38.9. The van der Waals surface area contributed by atoms with Gasteiger partial charge in [0, 0.05) is 88.7 Å². The molecule has 0 amide bonds. The van der Waals surface area contributed by atoms with Gasteiger partial charge in [-0.1, -0.05) is 77.1 Å². The van der Waals surface area contributed by atoms with Gasteiger partial charge in [0.05, 0.1) is 54.4 Å². The molecule has 3 saturated heterocycles. The number of para-hydroxylation sites is 1. The molecule has 19 atom stereocenters. The Morgan fingerprint density at radius 2 is 1.55 bits per heavy atom. The van der Waals surface area contributed by atoms with Crippen LogP contribution in [0.5, 0.6) is 5.75 Å². The van der Waals surface area contributed by atoms with E-state index < -0.39 is 96.0 Å². The molecule has 4 aliphatic heterocycles. The van der Waals surface area contributed by atoms with E-state index in [2.05, 4.69) is 79.2 Å². The van der Waals surface area contributed by atoms with Gasteiger partial charge in [-0.3, -0.25) is 4.79 Å². The van der Waals surface area contributed by atoms with Gasteiger partial charge in [0.2, 0.25) is 0 Å². The van der Waals surface area contributed by atoms with E-state index in [9.17, 15) is 20.1 Å². The smallest absolute Gasteiger partial charge is 0.162 e. The Morgan fingerprint density at radius 1 is 0.853 bits per heavy atom. The molecule has 3 N–H and O–H groups in total. The highest BCUT2D eigenvalue weighted by atomic mass is 16.7. The second-order valence-electron chi connectivity index (χ2n) is 23.2. The third-order valence-corrected chi connectivity index (χ3v) is 17.5. The Hall–Kier alpha value is -3.03. The summed E-state index contributed by atoms with van der Waals surface area (Å²) in [4.78, 5) is 19.2. The fourth-order valence-electron chi connectivity index (χ4n) is 12.6. The Morgan fingerprint density at radius 3 is 2.21 bits per heavy atom. The number of Topliss-reactive ketones (excluding diaryl/α,β-unsaturated/α-hetero) is 1. The monoisotopic (exact) mass is 1050 g/mol. The number of rotatable bonds is 18. The summed E-state index contributed by atoms with van der Waals surface area (Å²) in [5, 5.41) is 34.9. The SMILES string of the molecule is CC[C@H]1OC(OC)[C@H](C)[C@@H](O[C@H]2C[C@@](C)(OC)[C@@H](O)[C@H](C)O2)[C@H](C)[C@@H](O[C@H]2C[C@@H](N(C)CCCOc3ccc(/C=C\C[C@@H](C)N4CCc5ccccc54)cc3)C[C@@H](C)O2)[C@](C)(OC)C[C@@H](C)C(=O)[C@H](C)[C@@H](O)[C@]1(C)O. The summed E-state index contributed by atoms with van der Waals surface area (Å²) in [5.74, 6) is -1.97. The first-order valence-electron chi connectivity index (χ1n) is 28.0. The molecule has 2 aromatic rings. The molecular weight excluding hydrogens is 957 g/mol. The Kier molecular flexibility index (Phi) is 21.8. The van der Waals surface area contributed by atoms with Gasteiger partial charge in [0.25, 0.3) is 0 Å². The summed E-state index contributed by atoms with van der Waals surface area (Å²) in [7, 11) is 6.88. The van der Waals surface area contributed by atoms with Crippen LogP contribution in [0.4, 0.5) is 5.69 Å². The Labute approximate surface area is 449 Å². The van der Waals surface area contributed by atoms with E-state index in [4.69, 9.17) is 42.6 Å². The van der Waals surface area contributed by atoms with Crippen molar-refractivity contribution in [1.82, 2.24) is 4.90 Å². The summed E-state index contributed by atoms with van der Waals surface area (Å²) < 4.78 is 58.8. The second kappa shape index (κ2) is 26.7. The molecule has 4 aliphatic rings. The van der Waals surface area contributed by atoms with Gasteiger partial charge in [-0.2, -0.15) is 0 Å². The maximum absolute atomic E-state index is 14.4. The van der Waals surface area contributed by atoms with Crippen LogP contribution in [0.3, 0.4) is 0 Å². The van der Waals surface area contributed by atoms with E-state index in [1.54, 1.807) is 28.1 Å². The van der Waals surface area contributed by atoms with Crippen molar-refractivity contribution in [3.8, 4) is 5.75 Å². The summed E-state index contributed by atoms with van der Waals surface area (Å²) in [5.41, 5.74) is 0.0483. The van der Waals surface area contributed by atoms with Crippen LogP contribution in [-0.2, 0) is 49.1 Å². The molecule has 15 nitrogen and oxygen atoms in total. The largest absolute Gasteiger partial charge is 0.494 e. The van der Waals surface area contributed by atoms with Gasteiger partial charge in [-0.25, -0.2) is 0 Å². The van der Waals surface area contributed by atoms with Crippen LogP contribution >= 0.6 is 0 Å². The summed E-state index contributed by atoms with van der Waals surface area (Å²) >= 11 is 0. The first kappa shape index (κ1) is 61.2. The number of carbonyl (C=O) groups is 1.